The van der Waals surface area contributed by atoms with Gasteiger partial charge < -0.3 is 9.32 Å². The summed E-state index contributed by atoms with van der Waals surface area (Å²) in [7, 11) is 0. The molecule has 0 aliphatic rings. The number of nitrogens with one attached hydrogen (secondary N) is 1. The molecule has 1 radical (unpaired) electrons. The van der Waals surface area contributed by atoms with Gasteiger partial charge in [0.1, 0.15) is 5.56 Å². The van der Waals surface area contributed by atoms with Gasteiger partial charge in [-0.25, -0.2) is 0 Å². The van der Waals surface area contributed by atoms with Crippen molar-refractivity contribution in [3.05, 3.63) is 22.7 Å². The third-order valence-corrected chi connectivity index (χ3v) is 0.401. The molecule has 0 aromatic carbocycles. The molecule has 0 fully saturated rings. The van der Waals surface area contributed by atoms with Crippen LogP contribution in [0.25, 0.3) is 0 Å². The molecule has 35 valence electrons. The van der Waals surface area contributed by atoms with Crippen LogP contribution in [0.5, 0.6) is 0 Å². The van der Waals surface area contributed by atoms with Crippen LogP contribution < -0.4 is 5.56 Å². The molecular weight excluding hydrogens is 171 g/mol. The van der Waals surface area contributed by atoms with E-state index in [2.05, 4.69) is 10.8 Å². The van der Waals surface area contributed by atoms with Gasteiger partial charge in [-0.3, -0.25) is 5.16 Å². The number of aromatic nitrogens is 1. The Kier molecular flexibility index (Phi) is 3.21. The number of hydrogen-bond acceptors (Lipinski definition) is 2. The van der Waals surface area contributed by atoms with Gasteiger partial charge in [-0.2, -0.15) is 0 Å². The van der Waals surface area contributed by atoms with E-state index in [9.17, 15) is 4.79 Å². The Morgan fingerprint density at radius 3 is 2.71 bits per heavy atom. The molecule has 0 aliphatic carbocycles. The van der Waals surface area contributed by atoms with Crippen LogP contribution in [0.4, 0.5) is 0 Å². The first-order chi connectivity index (χ1) is 2.89. The molecule has 7 heavy (non-hydrogen) atoms. The summed E-state index contributed by atoms with van der Waals surface area (Å²) in [6.07, 6.45) is 2.19. The van der Waals surface area contributed by atoms with E-state index in [1.807, 2.05) is 5.16 Å². The summed E-state index contributed by atoms with van der Waals surface area (Å²) >= 11 is 0. The van der Waals surface area contributed by atoms with Gasteiger partial charge in [0.25, 0.3) is 0 Å². The third-order valence-electron chi connectivity index (χ3n) is 0.401. The van der Waals surface area contributed by atoms with Crippen molar-refractivity contribution in [3.8, 4) is 0 Å². The fraction of sp³-hybridized carbons (Fsp3) is 0. The Labute approximate surface area is 64.9 Å². The summed E-state index contributed by atoms with van der Waals surface area (Å²) < 4.78 is 4.15. The zero-order valence-electron chi connectivity index (χ0n) is 3.47. The van der Waals surface area contributed by atoms with Crippen LogP contribution in [-0.2, 0) is 32.7 Å². The predicted molar refractivity (Wildman–Crippen MR) is 18.2 cm³/mol. The molecule has 0 unspecified atom stereocenters. The molecule has 0 amide bonds. The van der Waals surface area contributed by atoms with Crippen molar-refractivity contribution >= 4 is 0 Å². The fourth-order valence-electron chi connectivity index (χ4n) is 0.192. The van der Waals surface area contributed by atoms with E-state index in [1.54, 1.807) is 0 Å². The normalized spacial score (nSPS) is 7.43. The van der Waals surface area contributed by atoms with Crippen molar-refractivity contribution in [2.75, 3.05) is 0 Å². The summed E-state index contributed by atoms with van der Waals surface area (Å²) in [5.41, 5.74) is -0.255. The second kappa shape index (κ2) is 3.16. The topological polar surface area (TPSA) is 46.0 Å². The zero-order chi connectivity index (χ0) is 4.41. The second-order valence-electron chi connectivity index (χ2n) is 0.831. The van der Waals surface area contributed by atoms with Crippen LogP contribution in [0.1, 0.15) is 0 Å². The van der Waals surface area contributed by atoms with Crippen molar-refractivity contribution in [1.82, 2.24) is 5.16 Å². The largest absolute Gasteiger partial charge is 0.501 e. The Hall–Kier alpha value is 0.114. The Bertz CT molecular complexity index is 151. The molecule has 0 atom stereocenters. The van der Waals surface area contributed by atoms with Crippen LogP contribution in [0.15, 0.2) is 15.4 Å². The molecule has 0 saturated carbocycles. The molecule has 1 aromatic heterocycles. The van der Waals surface area contributed by atoms with Crippen LogP contribution in [-0.4, -0.2) is 5.16 Å². The minimum atomic E-state index is -0.255. The molecule has 1 heterocycles. The molecule has 1 rings (SSSR count). The number of hydrogen-bond donors (Lipinski definition) is 1. The average Bonchev–Trinajstić information content (AvgIpc) is 1.86. The van der Waals surface area contributed by atoms with E-state index in [1.165, 1.54) is 6.07 Å². The number of rotatable bonds is 0. The number of H-pyrrole nitrogens is 1. The first kappa shape index (κ1) is 7.11. The quantitative estimate of drug-likeness (QED) is 0.550. The van der Waals surface area contributed by atoms with Crippen LogP contribution in [0.3, 0.4) is 0 Å². The molecule has 0 bridgehead atoms. The van der Waals surface area contributed by atoms with Crippen molar-refractivity contribution in [3.63, 3.8) is 0 Å². The summed E-state index contributed by atoms with van der Waals surface area (Å²) in [6.45, 7) is 0. The van der Waals surface area contributed by atoms with E-state index in [-0.39, 0.29) is 38.3 Å². The molecule has 0 aliphatic heterocycles. The Morgan fingerprint density at radius 1 is 1.86 bits per heavy atom. The van der Waals surface area contributed by atoms with Gasteiger partial charge in [-0.05, 0) is 6.26 Å². The third kappa shape index (κ3) is 2.04. The van der Waals surface area contributed by atoms with Crippen molar-refractivity contribution < 1.29 is 37.2 Å². The Balaban J connectivity index is 0.000000360. The summed E-state index contributed by atoms with van der Waals surface area (Å²) in [4.78, 5) is 9.89. The van der Waals surface area contributed by atoms with E-state index < -0.39 is 0 Å². The van der Waals surface area contributed by atoms with Crippen LogP contribution >= 0.6 is 0 Å². The van der Waals surface area contributed by atoms with E-state index in [0.29, 0.717) is 0 Å². The molecule has 0 saturated heterocycles. The maximum absolute atomic E-state index is 9.89. The van der Waals surface area contributed by atoms with Gasteiger partial charge in [-0.15, -0.1) is 6.07 Å². The van der Waals surface area contributed by atoms with Crippen LogP contribution in [0.2, 0.25) is 0 Å². The molecule has 3 nitrogen and oxygen atoms in total. The number of aromatic amines is 1. The first-order valence-electron chi connectivity index (χ1n) is 1.44. The standard InChI is InChI=1S/C3H2NO2.Y/c5-3-1-2-6-4-3;/h1H,(H,4,5);/q-1;. The first-order valence-corrected chi connectivity index (χ1v) is 1.44. The van der Waals surface area contributed by atoms with Gasteiger partial charge >= 0.3 is 0 Å². The van der Waals surface area contributed by atoms with Gasteiger partial charge in [-0.1, -0.05) is 0 Å². The van der Waals surface area contributed by atoms with Crippen molar-refractivity contribution in [2.24, 2.45) is 0 Å². The monoisotopic (exact) mass is 173 g/mol. The van der Waals surface area contributed by atoms with Gasteiger partial charge in [0.05, 0.1) is 0 Å². The van der Waals surface area contributed by atoms with Gasteiger partial charge in [0.15, 0.2) is 0 Å². The maximum Gasteiger partial charge on any atom is 0.119 e. The molecule has 0 spiro atoms. The van der Waals surface area contributed by atoms with E-state index in [0.717, 1.165) is 0 Å². The summed E-state index contributed by atoms with van der Waals surface area (Å²) in [6, 6.07) is 1.18. The summed E-state index contributed by atoms with van der Waals surface area (Å²) in [5, 5.41) is 2.01. The minimum absolute atomic E-state index is 0. The summed E-state index contributed by atoms with van der Waals surface area (Å²) in [5.74, 6) is 0. The molecular formula is C3H2NO2Y-. The SMILES string of the molecule is O=c1c[c-]o[nH]1.[Y]. The second-order valence-corrected chi connectivity index (χ2v) is 0.831. The van der Waals surface area contributed by atoms with Crippen LogP contribution in [0, 0.1) is 6.26 Å². The smallest absolute Gasteiger partial charge is 0.119 e. The molecule has 1 aromatic rings. The van der Waals surface area contributed by atoms with Gasteiger partial charge in [0, 0.05) is 32.7 Å². The predicted octanol–water partition coefficient (Wildman–Crippen LogP) is -0.234. The van der Waals surface area contributed by atoms with Gasteiger partial charge in [0.2, 0.25) is 0 Å². The van der Waals surface area contributed by atoms with E-state index in [4.69, 9.17) is 0 Å². The fourth-order valence-corrected chi connectivity index (χ4v) is 0.192. The maximum atomic E-state index is 9.89. The molecule has 1 N–H and O–H groups in total. The van der Waals surface area contributed by atoms with Crippen molar-refractivity contribution in [2.45, 2.75) is 0 Å². The van der Waals surface area contributed by atoms with E-state index >= 15 is 0 Å². The minimum Gasteiger partial charge on any atom is -0.501 e. The Morgan fingerprint density at radius 2 is 2.57 bits per heavy atom. The average molecular weight is 173 g/mol. The van der Waals surface area contributed by atoms with Crippen molar-refractivity contribution in [1.29, 1.82) is 0 Å². The zero-order valence-corrected chi connectivity index (χ0v) is 6.31. The molecule has 4 heteroatoms.